The average molecular weight is 513 g/mol. The van der Waals surface area contributed by atoms with Crippen LogP contribution in [0.4, 0.5) is 5.82 Å². The average Bonchev–Trinajstić information content (AvgIpc) is 3.52. The highest BCUT2D eigenvalue weighted by Gasteiger charge is 2.48. The number of ether oxygens (including phenoxy) is 2. The summed E-state index contributed by atoms with van der Waals surface area (Å²) < 4.78 is 12.3. The number of esters is 1. The lowest BCUT2D eigenvalue weighted by atomic mass is 9.81. The lowest BCUT2D eigenvalue weighted by Gasteiger charge is -2.25. The van der Waals surface area contributed by atoms with E-state index in [0.717, 1.165) is 38.5 Å². The molecule has 1 unspecified atom stereocenters. The first kappa shape index (κ1) is 25.4. The quantitative estimate of drug-likeness (QED) is 0.313. The Morgan fingerprint density at radius 3 is 2.65 bits per heavy atom. The molecule has 3 aliphatic rings. The fourth-order valence-corrected chi connectivity index (χ4v) is 4.93. The van der Waals surface area contributed by atoms with Gasteiger partial charge in [-0.1, -0.05) is 5.92 Å². The van der Waals surface area contributed by atoms with Crippen LogP contribution in [0.1, 0.15) is 63.9 Å². The van der Waals surface area contributed by atoms with Gasteiger partial charge in [0, 0.05) is 12.5 Å². The Balaban J connectivity index is 1.27. The maximum Gasteiger partial charge on any atom is 0.308 e. The summed E-state index contributed by atoms with van der Waals surface area (Å²) >= 11 is 0. The number of anilines is 1. The van der Waals surface area contributed by atoms with Crippen molar-refractivity contribution in [3.63, 3.8) is 0 Å². The van der Waals surface area contributed by atoms with Crippen LogP contribution >= 0.6 is 0 Å². The fourth-order valence-electron chi connectivity index (χ4n) is 4.93. The van der Waals surface area contributed by atoms with Crippen LogP contribution in [0.15, 0.2) is 6.33 Å². The van der Waals surface area contributed by atoms with Gasteiger partial charge < -0.3 is 30.7 Å². The largest absolute Gasteiger partial charge is 0.466 e. The summed E-state index contributed by atoms with van der Waals surface area (Å²) in [5, 5.41) is 23.9. The second kappa shape index (κ2) is 10.6. The number of nitrogens with one attached hydrogen (secondary N) is 1. The zero-order valence-electron chi connectivity index (χ0n) is 20.7. The van der Waals surface area contributed by atoms with Crippen LogP contribution in [0.2, 0.25) is 0 Å². The van der Waals surface area contributed by atoms with Gasteiger partial charge in [0.25, 0.3) is 5.91 Å². The van der Waals surface area contributed by atoms with E-state index < -0.39 is 30.4 Å². The number of carbonyl (C=O) groups is 2. The van der Waals surface area contributed by atoms with Crippen molar-refractivity contribution in [1.29, 1.82) is 0 Å². The number of aromatic nitrogens is 4. The van der Waals surface area contributed by atoms with E-state index in [1.165, 1.54) is 10.9 Å². The van der Waals surface area contributed by atoms with Gasteiger partial charge >= 0.3 is 5.97 Å². The summed E-state index contributed by atoms with van der Waals surface area (Å²) in [5.41, 5.74) is 6.68. The van der Waals surface area contributed by atoms with Crippen molar-refractivity contribution in [1.82, 2.24) is 24.8 Å². The molecule has 2 aliphatic carbocycles. The Morgan fingerprint density at radius 2 is 1.95 bits per heavy atom. The first-order valence-corrected chi connectivity index (χ1v) is 12.8. The highest BCUT2D eigenvalue weighted by atomic mass is 16.6. The molecule has 5 rings (SSSR count). The molecule has 12 heteroatoms. The summed E-state index contributed by atoms with van der Waals surface area (Å²) in [6, 6.07) is 0.0924. The predicted molar refractivity (Wildman–Crippen MR) is 130 cm³/mol. The molecule has 1 saturated heterocycles. The van der Waals surface area contributed by atoms with Crippen LogP contribution in [0.5, 0.6) is 0 Å². The summed E-state index contributed by atoms with van der Waals surface area (Å²) in [4.78, 5) is 37.3. The summed E-state index contributed by atoms with van der Waals surface area (Å²) in [6.45, 7) is 2.22. The molecule has 1 amide bonds. The van der Waals surface area contributed by atoms with Gasteiger partial charge in [0.15, 0.2) is 23.8 Å². The Labute approximate surface area is 214 Å². The first-order valence-electron chi connectivity index (χ1n) is 12.8. The molecule has 12 nitrogen and oxygen atoms in total. The molecule has 0 spiro atoms. The lowest BCUT2D eigenvalue weighted by Crippen LogP contribution is -2.43. The van der Waals surface area contributed by atoms with E-state index in [1.807, 2.05) is 6.92 Å². The number of carbonyl (C=O) groups excluding carboxylic acids is 2. The number of nitrogen functional groups attached to an aromatic ring is 1. The van der Waals surface area contributed by atoms with E-state index in [4.69, 9.17) is 15.2 Å². The lowest BCUT2D eigenvalue weighted by molar-refractivity contribution is -0.149. The molecule has 0 bridgehead atoms. The minimum Gasteiger partial charge on any atom is -0.466 e. The number of aliphatic hydroxyl groups excluding tert-OH is 2. The molecule has 3 heterocycles. The third-order valence-electron chi connectivity index (χ3n) is 7.20. The molecule has 0 aromatic carbocycles. The van der Waals surface area contributed by atoms with Gasteiger partial charge in [0.1, 0.15) is 17.7 Å². The summed E-state index contributed by atoms with van der Waals surface area (Å²) in [6.07, 6.45) is 2.15. The molecule has 198 valence electrons. The Kier molecular flexibility index (Phi) is 7.28. The molecule has 5 N–H and O–H groups in total. The van der Waals surface area contributed by atoms with Crippen molar-refractivity contribution in [3.8, 4) is 11.8 Å². The summed E-state index contributed by atoms with van der Waals surface area (Å²) in [5.74, 6) is 6.19. The van der Waals surface area contributed by atoms with Crippen LogP contribution < -0.4 is 11.1 Å². The molecular formula is C25H32N6O6. The number of rotatable bonds is 6. The first-order chi connectivity index (χ1) is 17.9. The predicted octanol–water partition coefficient (Wildman–Crippen LogP) is 0.417. The maximum atomic E-state index is 12.4. The van der Waals surface area contributed by atoms with Gasteiger partial charge in [-0.15, -0.1) is 0 Å². The van der Waals surface area contributed by atoms with Gasteiger partial charge in [-0.05, 0) is 57.3 Å². The monoisotopic (exact) mass is 512 g/mol. The Bertz CT molecular complexity index is 1230. The van der Waals surface area contributed by atoms with E-state index in [9.17, 15) is 19.8 Å². The minimum atomic E-state index is -1.40. The zero-order valence-corrected chi connectivity index (χ0v) is 20.7. The van der Waals surface area contributed by atoms with Crippen molar-refractivity contribution in [2.45, 2.75) is 82.5 Å². The van der Waals surface area contributed by atoms with Crippen LogP contribution in [0.3, 0.4) is 0 Å². The van der Waals surface area contributed by atoms with Crippen molar-refractivity contribution >= 4 is 28.9 Å². The Hall–Kier alpha value is -3.27. The number of nitrogens with zero attached hydrogens (tertiary/aromatic N) is 4. The van der Waals surface area contributed by atoms with Crippen molar-refractivity contribution in [3.05, 3.63) is 12.2 Å². The zero-order chi connectivity index (χ0) is 26.1. The molecule has 3 fully saturated rings. The van der Waals surface area contributed by atoms with E-state index in [1.54, 1.807) is 0 Å². The number of imidazole rings is 1. The Morgan fingerprint density at radius 1 is 1.19 bits per heavy atom. The van der Waals surface area contributed by atoms with Crippen LogP contribution in [-0.2, 0) is 19.1 Å². The van der Waals surface area contributed by atoms with Gasteiger partial charge in [0.2, 0.25) is 5.82 Å². The highest BCUT2D eigenvalue weighted by molar-refractivity contribution is 5.83. The molecule has 37 heavy (non-hydrogen) atoms. The highest BCUT2D eigenvalue weighted by Crippen LogP contribution is 2.33. The van der Waals surface area contributed by atoms with E-state index in [0.29, 0.717) is 24.5 Å². The smallest absolute Gasteiger partial charge is 0.308 e. The van der Waals surface area contributed by atoms with E-state index in [2.05, 4.69) is 32.1 Å². The van der Waals surface area contributed by atoms with Gasteiger partial charge in [-0.2, -0.15) is 0 Å². The van der Waals surface area contributed by atoms with Crippen LogP contribution in [0, 0.1) is 23.7 Å². The van der Waals surface area contributed by atoms with Crippen molar-refractivity contribution in [2.75, 3.05) is 12.3 Å². The van der Waals surface area contributed by atoms with Crippen LogP contribution in [-0.4, -0.2) is 72.6 Å². The summed E-state index contributed by atoms with van der Waals surface area (Å²) in [7, 11) is 0. The maximum absolute atomic E-state index is 12.4. The van der Waals surface area contributed by atoms with Crippen molar-refractivity contribution in [2.24, 2.45) is 11.8 Å². The number of amides is 1. The standard InChI is InChI=1S/C25H32N6O6/c1-2-36-25(35)14-8-6-13(7-9-14)4-3-5-16-29-21(26)17-22(30-16)31(12-27-17)24-19(33)18(32)20(37-24)23(34)28-15-10-11-15/h12-15,18-20,24,32-33H,2,4,6-11H2,1H3,(H,28,34)(H2,26,29,30)/t13?,14?,18-,19+,20+,24?/m1/s1. The third-order valence-corrected chi connectivity index (χ3v) is 7.20. The minimum absolute atomic E-state index is 0.0268. The second-order valence-corrected chi connectivity index (χ2v) is 9.94. The van der Waals surface area contributed by atoms with Crippen molar-refractivity contribution < 1.29 is 29.3 Å². The van der Waals surface area contributed by atoms with Gasteiger partial charge in [-0.25, -0.2) is 15.0 Å². The topological polar surface area (TPSA) is 175 Å². The molecule has 4 atom stereocenters. The SMILES string of the molecule is CCOC(=O)C1CCC(CC#Cc2nc(N)c3ncn(C4O[C@H](C(=O)NC5CC5)[C@H](O)[C@@H]4O)c3n2)CC1. The third kappa shape index (κ3) is 5.39. The normalized spacial score (nSPS) is 29.5. The number of hydrogen-bond donors (Lipinski definition) is 4. The molecule has 2 aromatic heterocycles. The van der Waals surface area contributed by atoms with Crippen LogP contribution in [0.25, 0.3) is 11.2 Å². The number of nitrogens with two attached hydrogens (primary N) is 1. The molecule has 2 aromatic rings. The van der Waals surface area contributed by atoms with Gasteiger partial charge in [0.05, 0.1) is 18.9 Å². The second-order valence-electron chi connectivity index (χ2n) is 9.94. The van der Waals surface area contributed by atoms with E-state index >= 15 is 0 Å². The van der Waals surface area contributed by atoms with Gasteiger partial charge in [-0.3, -0.25) is 14.2 Å². The number of hydrogen-bond acceptors (Lipinski definition) is 10. The fraction of sp³-hybridized carbons (Fsp3) is 0.640. The number of aliphatic hydroxyl groups is 2. The number of fused-ring (bicyclic) bond motifs is 1. The molecular weight excluding hydrogens is 480 g/mol. The molecule has 2 saturated carbocycles. The molecule has 0 radical (unpaired) electrons. The molecule has 1 aliphatic heterocycles. The van der Waals surface area contributed by atoms with E-state index in [-0.39, 0.29) is 35.2 Å².